The van der Waals surface area contributed by atoms with Crippen molar-refractivity contribution >= 4 is 27.3 Å². The molecule has 2 fully saturated rings. The summed E-state index contributed by atoms with van der Waals surface area (Å²) in [5, 5.41) is 5.18. The normalized spacial score (nSPS) is 18.8. The van der Waals surface area contributed by atoms with E-state index in [0.29, 0.717) is 21.6 Å². The molecular weight excluding hydrogens is 308 g/mol. The van der Waals surface area contributed by atoms with Crippen molar-refractivity contribution in [2.24, 2.45) is 17.0 Å². The lowest BCUT2D eigenvalue weighted by Gasteiger charge is -2.21. The summed E-state index contributed by atoms with van der Waals surface area (Å²) in [7, 11) is -3.75. The van der Waals surface area contributed by atoms with Crippen LogP contribution in [0.25, 0.3) is 0 Å². The fourth-order valence-corrected chi connectivity index (χ4v) is 4.59. The molecule has 3 rings (SSSR count). The molecule has 1 aromatic rings. The van der Waals surface area contributed by atoms with E-state index in [0.717, 1.165) is 13.1 Å². The summed E-state index contributed by atoms with van der Waals surface area (Å²) >= 11 is 1.22. The second-order valence-corrected chi connectivity index (χ2v) is 8.96. The largest absolute Gasteiger partial charge is 0.337 e. The van der Waals surface area contributed by atoms with Crippen molar-refractivity contribution in [1.82, 2.24) is 4.90 Å². The fourth-order valence-electron chi connectivity index (χ4n) is 2.47. The number of carbonyl (C=O) groups excluding carboxylic acids is 1. The summed E-state index contributed by atoms with van der Waals surface area (Å²) in [6.45, 7) is 3.29. The van der Waals surface area contributed by atoms with Gasteiger partial charge in [0.15, 0.2) is 0 Å². The first-order valence-corrected chi connectivity index (χ1v) is 9.63. The van der Waals surface area contributed by atoms with E-state index in [9.17, 15) is 13.2 Å². The van der Waals surface area contributed by atoms with Gasteiger partial charge in [0, 0.05) is 18.0 Å². The number of thiophene rings is 1. The Hall–Kier alpha value is -0.920. The Morgan fingerprint density at radius 1 is 1.29 bits per heavy atom. The van der Waals surface area contributed by atoms with Crippen molar-refractivity contribution in [3.8, 4) is 0 Å². The van der Waals surface area contributed by atoms with Crippen LogP contribution in [-0.2, 0) is 10.0 Å². The third kappa shape index (κ3) is 3.64. The highest BCUT2D eigenvalue weighted by Crippen LogP contribution is 2.35. The third-order valence-electron chi connectivity index (χ3n) is 4.03. The second-order valence-electron chi connectivity index (χ2n) is 6.17. The highest BCUT2D eigenvalue weighted by Gasteiger charge is 2.33. The molecule has 2 aliphatic rings. The Balaban J connectivity index is 1.81. The Morgan fingerprint density at radius 3 is 2.19 bits per heavy atom. The van der Waals surface area contributed by atoms with Gasteiger partial charge in [-0.2, -0.15) is 0 Å². The minimum absolute atomic E-state index is 0.0446. The van der Waals surface area contributed by atoms with E-state index in [2.05, 4.69) is 0 Å². The van der Waals surface area contributed by atoms with Gasteiger partial charge in [-0.25, -0.2) is 13.6 Å². The predicted octanol–water partition coefficient (Wildman–Crippen LogP) is 1.97. The Bertz CT molecular complexity index is 644. The number of sulfonamides is 1. The van der Waals surface area contributed by atoms with E-state index in [1.165, 1.54) is 43.1 Å². The summed E-state index contributed by atoms with van der Waals surface area (Å²) in [6, 6.07) is 1.43. The summed E-state index contributed by atoms with van der Waals surface area (Å²) < 4.78 is 23.0. The van der Waals surface area contributed by atoms with Gasteiger partial charge in [0.25, 0.3) is 5.91 Å². The van der Waals surface area contributed by atoms with Crippen LogP contribution in [0.15, 0.2) is 11.0 Å². The molecule has 0 spiro atoms. The molecular formula is C14H20N2O3S2. The second kappa shape index (κ2) is 5.37. The molecule has 2 aliphatic carbocycles. The molecule has 0 radical (unpaired) electrons. The number of nitrogens with zero attached hydrogens (tertiary/aromatic N) is 1. The molecule has 2 N–H and O–H groups in total. The molecule has 21 heavy (non-hydrogen) atoms. The summed E-state index contributed by atoms with van der Waals surface area (Å²) in [5.41, 5.74) is 0. The van der Waals surface area contributed by atoms with E-state index in [1.807, 2.05) is 4.90 Å². The van der Waals surface area contributed by atoms with Crippen molar-refractivity contribution in [2.45, 2.75) is 37.5 Å². The van der Waals surface area contributed by atoms with Gasteiger partial charge in [-0.15, -0.1) is 11.3 Å². The van der Waals surface area contributed by atoms with E-state index >= 15 is 0 Å². The molecule has 0 atom stereocenters. The van der Waals surface area contributed by atoms with Crippen LogP contribution < -0.4 is 5.14 Å². The van der Waals surface area contributed by atoms with Crippen LogP contribution in [0.1, 0.15) is 40.2 Å². The number of amides is 1. The van der Waals surface area contributed by atoms with E-state index in [4.69, 9.17) is 5.14 Å². The molecule has 116 valence electrons. The van der Waals surface area contributed by atoms with Gasteiger partial charge >= 0.3 is 0 Å². The maximum absolute atomic E-state index is 12.7. The van der Waals surface area contributed by atoms with E-state index < -0.39 is 10.0 Å². The van der Waals surface area contributed by atoms with Crippen LogP contribution >= 0.6 is 11.3 Å². The minimum atomic E-state index is -3.75. The monoisotopic (exact) mass is 328 g/mol. The predicted molar refractivity (Wildman–Crippen MR) is 81.8 cm³/mol. The van der Waals surface area contributed by atoms with Crippen molar-refractivity contribution in [3.63, 3.8) is 0 Å². The topological polar surface area (TPSA) is 80.5 Å². The Kier molecular flexibility index (Phi) is 3.83. The Labute approximate surface area is 129 Å². The summed E-state index contributed by atoms with van der Waals surface area (Å²) in [4.78, 5) is 15.7. The maximum atomic E-state index is 12.7. The highest BCUT2D eigenvalue weighted by molar-refractivity contribution is 7.89. The molecule has 0 bridgehead atoms. The van der Waals surface area contributed by atoms with Gasteiger partial charge in [0.05, 0.1) is 9.77 Å². The van der Waals surface area contributed by atoms with Crippen molar-refractivity contribution in [2.75, 3.05) is 13.1 Å². The van der Waals surface area contributed by atoms with Crippen LogP contribution in [0.5, 0.6) is 0 Å². The molecule has 5 nitrogen and oxygen atoms in total. The molecule has 0 saturated heterocycles. The van der Waals surface area contributed by atoms with Crippen LogP contribution in [0.2, 0.25) is 0 Å². The van der Waals surface area contributed by atoms with Crippen LogP contribution in [0.4, 0.5) is 0 Å². The zero-order valence-electron chi connectivity index (χ0n) is 12.0. The average Bonchev–Trinajstić information content (AvgIpc) is 3.29. The van der Waals surface area contributed by atoms with Gasteiger partial charge in [0.1, 0.15) is 0 Å². The standard InChI is InChI=1S/C14H20N2O3S2/c1-9-13(21(15,18)19)6-12(20-9)14(17)16(7-10-2-3-10)8-11-4-5-11/h6,10-11H,2-5,7-8H2,1H3,(H2,15,18,19). The molecule has 0 unspecified atom stereocenters. The van der Waals surface area contributed by atoms with Gasteiger partial charge in [-0.3, -0.25) is 4.79 Å². The number of hydrogen-bond donors (Lipinski definition) is 1. The SMILES string of the molecule is Cc1sc(C(=O)N(CC2CC2)CC2CC2)cc1S(N)(=O)=O. The first kappa shape index (κ1) is 15.0. The van der Waals surface area contributed by atoms with E-state index in [-0.39, 0.29) is 10.8 Å². The molecule has 1 amide bonds. The smallest absolute Gasteiger partial charge is 0.263 e. The maximum Gasteiger partial charge on any atom is 0.263 e. The number of nitrogens with two attached hydrogens (primary N) is 1. The molecule has 7 heteroatoms. The summed E-state index contributed by atoms with van der Waals surface area (Å²) in [6.07, 6.45) is 4.78. The number of aryl methyl sites for hydroxylation is 1. The van der Waals surface area contributed by atoms with E-state index in [1.54, 1.807) is 6.92 Å². The quantitative estimate of drug-likeness (QED) is 0.867. The average molecular weight is 328 g/mol. The molecule has 1 aromatic heterocycles. The third-order valence-corrected chi connectivity index (χ3v) is 6.23. The first-order chi connectivity index (χ1) is 9.84. The van der Waals surface area contributed by atoms with Gasteiger partial charge in [-0.05, 0) is 50.5 Å². The molecule has 0 aromatic carbocycles. The lowest BCUT2D eigenvalue weighted by atomic mass is 10.3. The first-order valence-electron chi connectivity index (χ1n) is 7.27. The zero-order chi connectivity index (χ0) is 15.2. The van der Waals surface area contributed by atoms with Gasteiger partial charge in [0.2, 0.25) is 10.0 Å². The van der Waals surface area contributed by atoms with Gasteiger partial charge in [-0.1, -0.05) is 0 Å². The van der Waals surface area contributed by atoms with Crippen LogP contribution in [0, 0.1) is 18.8 Å². The molecule has 2 saturated carbocycles. The van der Waals surface area contributed by atoms with Gasteiger partial charge < -0.3 is 4.90 Å². The molecule has 1 heterocycles. The lowest BCUT2D eigenvalue weighted by molar-refractivity contribution is 0.0744. The zero-order valence-corrected chi connectivity index (χ0v) is 13.7. The number of rotatable bonds is 6. The van der Waals surface area contributed by atoms with Crippen molar-refractivity contribution in [3.05, 3.63) is 15.8 Å². The van der Waals surface area contributed by atoms with Crippen LogP contribution in [-0.4, -0.2) is 32.3 Å². The van der Waals surface area contributed by atoms with Crippen LogP contribution in [0.3, 0.4) is 0 Å². The minimum Gasteiger partial charge on any atom is -0.337 e. The summed E-state index contributed by atoms with van der Waals surface area (Å²) in [5.74, 6) is 1.22. The fraction of sp³-hybridized carbons (Fsp3) is 0.643. The number of primary sulfonamides is 1. The highest BCUT2D eigenvalue weighted by atomic mass is 32.2. The van der Waals surface area contributed by atoms with Crippen molar-refractivity contribution in [1.29, 1.82) is 0 Å². The Morgan fingerprint density at radius 2 is 1.81 bits per heavy atom. The number of carbonyl (C=O) groups is 1. The number of hydrogen-bond acceptors (Lipinski definition) is 4. The molecule has 0 aliphatic heterocycles. The van der Waals surface area contributed by atoms with Crippen molar-refractivity contribution < 1.29 is 13.2 Å². The lowest BCUT2D eigenvalue weighted by Crippen LogP contribution is -2.34.